The van der Waals surface area contributed by atoms with Gasteiger partial charge in [0.1, 0.15) is 5.69 Å². The fraction of sp³-hybridized carbons (Fsp3) is 0.375. The molecule has 0 bridgehead atoms. The number of carbonyl (C=O) groups excluding carboxylic acids is 1. The lowest BCUT2D eigenvalue weighted by Gasteiger charge is -1.94. The Balaban J connectivity index is 2.74. The first-order valence-electron chi connectivity index (χ1n) is 3.63. The van der Waals surface area contributed by atoms with Crippen molar-refractivity contribution in [2.75, 3.05) is 0 Å². The predicted octanol–water partition coefficient (Wildman–Crippen LogP) is 1.24. The standard InChI is InChI=1S/C8H10N2O/c1-2-3-7-4-10-8(6-11)5-9-7/h4-6H,2-3H2,1H3. The maximum Gasteiger partial charge on any atom is 0.170 e. The van der Waals surface area contributed by atoms with Gasteiger partial charge in [0.2, 0.25) is 0 Å². The van der Waals surface area contributed by atoms with Gasteiger partial charge in [0.15, 0.2) is 6.29 Å². The highest BCUT2D eigenvalue weighted by Gasteiger charge is 1.93. The molecule has 1 rings (SSSR count). The summed E-state index contributed by atoms with van der Waals surface area (Å²) in [4.78, 5) is 18.1. The van der Waals surface area contributed by atoms with Crippen LogP contribution in [0.4, 0.5) is 0 Å². The minimum absolute atomic E-state index is 0.393. The summed E-state index contributed by atoms with van der Waals surface area (Å²) >= 11 is 0. The van der Waals surface area contributed by atoms with Gasteiger partial charge < -0.3 is 0 Å². The smallest absolute Gasteiger partial charge is 0.170 e. The van der Waals surface area contributed by atoms with Gasteiger partial charge in [-0.15, -0.1) is 0 Å². The van der Waals surface area contributed by atoms with Crippen molar-refractivity contribution in [3.8, 4) is 0 Å². The Labute approximate surface area is 65.5 Å². The minimum Gasteiger partial charge on any atom is -0.296 e. The molecular weight excluding hydrogens is 140 g/mol. The molecule has 0 spiro atoms. The van der Waals surface area contributed by atoms with Gasteiger partial charge in [0, 0.05) is 6.20 Å². The molecule has 0 radical (unpaired) electrons. The van der Waals surface area contributed by atoms with Gasteiger partial charge in [-0.1, -0.05) is 13.3 Å². The molecule has 1 aromatic rings. The lowest BCUT2D eigenvalue weighted by molar-refractivity contribution is 0.111. The van der Waals surface area contributed by atoms with E-state index in [0.717, 1.165) is 18.5 Å². The zero-order valence-electron chi connectivity index (χ0n) is 6.45. The number of rotatable bonds is 3. The zero-order chi connectivity index (χ0) is 8.10. The van der Waals surface area contributed by atoms with E-state index in [2.05, 4.69) is 16.9 Å². The highest BCUT2D eigenvalue weighted by Crippen LogP contribution is 1.96. The van der Waals surface area contributed by atoms with E-state index in [1.807, 2.05) is 0 Å². The van der Waals surface area contributed by atoms with Crippen LogP contribution in [0.15, 0.2) is 12.4 Å². The second kappa shape index (κ2) is 3.81. The zero-order valence-corrected chi connectivity index (χ0v) is 6.45. The number of aldehydes is 1. The molecular formula is C8H10N2O. The third-order valence-corrected chi connectivity index (χ3v) is 1.35. The summed E-state index contributed by atoms with van der Waals surface area (Å²) in [6.07, 6.45) is 5.81. The van der Waals surface area contributed by atoms with Crippen molar-refractivity contribution in [1.82, 2.24) is 9.97 Å². The number of hydrogen-bond donors (Lipinski definition) is 0. The highest BCUT2D eigenvalue weighted by atomic mass is 16.1. The first-order chi connectivity index (χ1) is 5.36. The second-order valence-electron chi connectivity index (χ2n) is 2.30. The van der Waals surface area contributed by atoms with E-state index in [1.54, 1.807) is 6.20 Å². The number of carbonyl (C=O) groups is 1. The molecule has 0 unspecified atom stereocenters. The fourth-order valence-corrected chi connectivity index (χ4v) is 0.811. The number of aromatic nitrogens is 2. The molecule has 1 heterocycles. The van der Waals surface area contributed by atoms with Crippen molar-refractivity contribution < 1.29 is 4.79 Å². The van der Waals surface area contributed by atoms with Gasteiger partial charge in [0.25, 0.3) is 0 Å². The van der Waals surface area contributed by atoms with E-state index in [9.17, 15) is 4.79 Å². The van der Waals surface area contributed by atoms with Crippen molar-refractivity contribution in [3.05, 3.63) is 23.8 Å². The molecule has 0 aromatic carbocycles. The van der Waals surface area contributed by atoms with Gasteiger partial charge in [-0.05, 0) is 6.42 Å². The quantitative estimate of drug-likeness (QED) is 0.609. The third kappa shape index (κ3) is 2.11. The first-order valence-corrected chi connectivity index (χ1v) is 3.63. The van der Waals surface area contributed by atoms with Crippen molar-refractivity contribution in [2.45, 2.75) is 19.8 Å². The van der Waals surface area contributed by atoms with E-state index in [1.165, 1.54) is 6.20 Å². The Morgan fingerprint density at radius 1 is 1.45 bits per heavy atom. The highest BCUT2D eigenvalue weighted by molar-refractivity contribution is 5.70. The maximum atomic E-state index is 10.2. The van der Waals surface area contributed by atoms with E-state index < -0.39 is 0 Å². The van der Waals surface area contributed by atoms with E-state index in [0.29, 0.717) is 12.0 Å². The van der Waals surface area contributed by atoms with Gasteiger partial charge in [-0.3, -0.25) is 9.78 Å². The van der Waals surface area contributed by atoms with Crippen LogP contribution in [0.25, 0.3) is 0 Å². The number of aryl methyl sites for hydroxylation is 1. The molecule has 0 aliphatic carbocycles. The van der Waals surface area contributed by atoms with Crippen LogP contribution in [-0.2, 0) is 6.42 Å². The average Bonchev–Trinajstić information content (AvgIpc) is 2.07. The van der Waals surface area contributed by atoms with Gasteiger partial charge in [0.05, 0.1) is 11.9 Å². The molecule has 0 N–H and O–H groups in total. The summed E-state index contributed by atoms with van der Waals surface area (Å²) in [6, 6.07) is 0. The molecule has 3 nitrogen and oxygen atoms in total. The van der Waals surface area contributed by atoms with Crippen LogP contribution in [0.1, 0.15) is 29.5 Å². The van der Waals surface area contributed by atoms with Crippen LogP contribution in [-0.4, -0.2) is 16.3 Å². The van der Waals surface area contributed by atoms with Crippen LogP contribution in [0.2, 0.25) is 0 Å². The molecule has 0 saturated heterocycles. The summed E-state index contributed by atoms with van der Waals surface area (Å²) in [6.45, 7) is 2.08. The lowest BCUT2D eigenvalue weighted by Crippen LogP contribution is -1.93. The number of hydrogen-bond acceptors (Lipinski definition) is 3. The van der Waals surface area contributed by atoms with Crippen molar-refractivity contribution >= 4 is 6.29 Å². The van der Waals surface area contributed by atoms with Crippen LogP contribution in [0.3, 0.4) is 0 Å². The second-order valence-corrected chi connectivity index (χ2v) is 2.30. The third-order valence-electron chi connectivity index (χ3n) is 1.35. The average molecular weight is 150 g/mol. The molecule has 0 aliphatic rings. The van der Waals surface area contributed by atoms with E-state index in [-0.39, 0.29) is 0 Å². The predicted molar refractivity (Wildman–Crippen MR) is 41.4 cm³/mol. The normalized spacial score (nSPS) is 9.55. The molecule has 0 saturated carbocycles. The van der Waals surface area contributed by atoms with Crippen LogP contribution >= 0.6 is 0 Å². The minimum atomic E-state index is 0.393. The molecule has 0 fully saturated rings. The van der Waals surface area contributed by atoms with Crippen LogP contribution in [0, 0.1) is 0 Å². The topological polar surface area (TPSA) is 42.9 Å². The molecule has 0 atom stereocenters. The van der Waals surface area contributed by atoms with Crippen molar-refractivity contribution in [3.63, 3.8) is 0 Å². The van der Waals surface area contributed by atoms with Crippen LogP contribution < -0.4 is 0 Å². The summed E-state index contributed by atoms with van der Waals surface area (Å²) < 4.78 is 0. The Morgan fingerprint density at radius 2 is 2.27 bits per heavy atom. The molecule has 1 aromatic heterocycles. The van der Waals surface area contributed by atoms with E-state index >= 15 is 0 Å². The Bertz CT molecular complexity index is 230. The Hall–Kier alpha value is -1.25. The van der Waals surface area contributed by atoms with Crippen molar-refractivity contribution in [2.24, 2.45) is 0 Å². The summed E-state index contributed by atoms with van der Waals surface area (Å²) in [7, 11) is 0. The Kier molecular flexibility index (Phi) is 2.72. The first kappa shape index (κ1) is 7.85. The molecule has 3 heteroatoms. The van der Waals surface area contributed by atoms with E-state index in [4.69, 9.17) is 0 Å². The lowest BCUT2D eigenvalue weighted by atomic mass is 10.3. The molecule has 0 amide bonds. The van der Waals surface area contributed by atoms with Crippen molar-refractivity contribution in [1.29, 1.82) is 0 Å². The summed E-state index contributed by atoms with van der Waals surface area (Å²) in [5.41, 5.74) is 1.34. The fourth-order valence-electron chi connectivity index (χ4n) is 0.811. The summed E-state index contributed by atoms with van der Waals surface area (Å²) in [5, 5.41) is 0. The molecule has 11 heavy (non-hydrogen) atoms. The van der Waals surface area contributed by atoms with Crippen LogP contribution in [0.5, 0.6) is 0 Å². The monoisotopic (exact) mass is 150 g/mol. The molecule has 0 aliphatic heterocycles. The van der Waals surface area contributed by atoms with Gasteiger partial charge >= 0.3 is 0 Å². The summed E-state index contributed by atoms with van der Waals surface area (Å²) in [5.74, 6) is 0. The van der Waals surface area contributed by atoms with Gasteiger partial charge in [-0.25, -0.2) is 4.98 Å². The number of nitrogens with zero attached hydrogens (tertiary/aromatic N) is 2. The maximum absolute atomic E-state index is 10.2. The Morgan fingerprint density at radius 3 is 2.73 bits per heavy atom. The molecule has 58 valence electrons. The SMILES string of the molecule is CCCc1cnc(C=O)cn1. The van der Waals surface area contributed by atoms with Gasteiger partial charge in [-0.2, -0.15) is 0 Å². The largest absolute Gasteiger partial charge is 0.296 e.